The third kappa shape index (κ3) is 5.58. The molecule has 2 rings (SSSR count). The van der Waals surface area contributed by atoms with E-state index in [0.29, 0.717) is 6.54 Å². The van der Waals surface area contributed by atoms with Crippen molar-refractivity contribution in [1.82, 2.24) is 15.1 Å². The van der Waals surface area contributed by atoms with Crippen LogP contribution in [-0.4, -0.2) is 54.5 Å². The van der Waals surface area contributed by atoms with Crippen LogP contribution in [0.1, 0.15) is 25.1 Å². The second-order valence-corrected chi connectivity index (χ2v) is 7.43. The lowest BCUT2D eigenvalue weighted by Gasteiger charge is -2.34. The number of rotatable bonds is 6. The Hall–Kier alpha value is -0.620. The first-order valence-corrected chi connectivity index (χ1v) is 8.74. The van der Waals surface area contributed by atoms with Gasteiger partial charge in [0, 0.05) is 43.6 Å². The Balaban J connectivity index is 1.69. The number of thiophene rings is 1. The maximum absolute atomic E-state index is 11.9. The minimum absolute atomic E-state index is 0.142. The maximum Gasteiger partial charge on any atom is 0.234 e. The first kappa shape index (κ1) is 16.7. The molecular formula is C15H24ClN3OS. The van der Waals surface area contributed by atoms with Crippen molar-refractivity contribution < 1.29 is 4.79 Å². The van der Waals surface area contributed by atoms with Crippen molar-refractivity contribution in [3.8, 4) is 0 Å². The van der Waals surface area contributed by atoms with Crippen molar-refractivity contribution in [2.24, 2.45) is 0 Å². The van der Waals surface area contributed by atoms with Gasteiger partial charge in [-0.2, -0.15) is 0 Å². The van der Waals surface area contributed by atoms with Crippen molar-refractivity contribution in [2.75, 3.05) is 32.7 Å². The summed E-state index contributed by atoms with van der Waals surface area (Å²) in [6.07, 6.45) is 0.975. The number of carbonyl (C=O) groups is 1. The molecule has 0 radical (unpaired) electrons. The molecule has 0 unspecified atom stereocenters. The maximum atomic E-state index is 11.9. The van der Waals surface area contributed by atoms with E-state index in [0.717, 1.165) is 43.5 Å². The Morgan fingerprint density at radius 2 is 2.00 bits per heavy atom. The normalized spacial score (nSPS) is 18.6. The Morgan fingerprint density at radius 3 is 2.57 bits per heavy atom. The van der Waals surface area contributed by atoms with Crippen LogP contribution in [0, 0.1) is 0 Å². The fourth-order valence-corrected chi connectivity index (χ4v) is 3.52. The highest BCUT2D eigenvalue weighted by Gasteiger charge is 2.19. The highest BCUT2D eigenvalue weighted by molar-refractivity contribution is 7.16. The number of piperazine rings is 1. The lowest BCUT2D eigenvalue weighted by Crippen LogP contribution is -2.49. The molecule has 1 aromatic heterocycles. The molecule has 0 aromatic carbocycles. The van der Waals surface area contributed by atoms with Crippen LogP contribution in [0.25, 0.3) is 0 Å². The lowest BCUT2D eigenvalue weighted by atomic mass is 10.2. The highest BCUT2D eigenvalue weighted by Crippen LogP contribution is 2.23. The smallest absolute Gasteiger partial charge is 0.234 e. The molecule has 1 N–H and O–H groups in total. The molecule has 4 nitrogen and oxygen atoms in total. The van der Waals surface area contributed by atoms with Crippen LogP contribution < -0.4 is 5.32 Å². The van der Waals surface area contributed by atoms with Gasteiger partial charge in [0.2, 0.25) is 5.91 Å². The van der Waals surface area contributed by atoms with Gasteiger partial charge in [-0.05, 0) is 25.5 Å². The summed E-state index contributed by atoms with van der Waals surface area (Å²) in [5, 5.41) is 3.02. The number of halogens is 1. The first-order chi connectivity index (χ1) is 10.1. The fraction of sp³-hybridized carbons (Fsp3) is 0.667. The van der Waals surface area contributed by atoms with Crippen LogP contribution in [0.15, 0.2) is 12.1 Å². The second-order valence-electron chi connectivity index (χ2n) is 5.63. The van der Waals surface area contributed by atoms with E-state index in [2.05, 4.69) is 28.1 Å². The largest absolute Gasteiger partial charge is 0.353 e. The second kappa shape index (κ2) is 8.13. The average molecular weight is 330 g/mol. The summed E-state index contributed by atoms with van der Waals surface area (Å²) < 4.78 is 0.852. The summed E-state index contributed by atoms with van der Waals surface area (Å²) in [5.74, 6) is 0.142. The Morgan fingerprint density at radius 1 is 1.33 bits per heavy atom. The summed E-state index contributed by atoms with van der Waals surface area (Å²) in [7, 11) is 0. The van der Waals surface area contributed by atoms with Gasteiger partial charge in [-0.3, -0.25) is 14.6 Å². The molecule has 1 saturated heterocycles. The molecule has 1 fully saturated rings. The predicted octanol–water partition coefficient (Wildman–Crippen LogP) is 2.43. The van der Waals surface area contributed by atoms with Crippen LogP contribution in [0.2, 0.25) is 4.34 Å². The van der Waals surface area contributed by atoms with Gasteiger partial charge >= 0.3 is 0 Å². The number of hydrogen-bond donors (Lipinski definition) is 1. The minimum Gasteiger partial charge on any atom is -0.353 e. The Bertz CT molecular complexity index is 458. The van der Waals surface area contributed by atoms with E-state index in [-0.39, 0.29) is 11.9 Å². The van der Waals surface area contributed by atoms with Gasteiger partial charge in [-0.25, -0.2) is 0 Å². The number of hydrogen-bond acceptors (Lipinski definition) is 4. The van der Waals surface area contributed by atoms with Crippen LogP contribution in [0.4, 0.5) is 0 Å². The molecule has 21 heavy (non-hydrogen) atoms. The van der Waals surface area contributed by atoms with Gasteiger partial charge < -0.3 is 5.32 Å². The average Bonchev–Trinajstić information content (AvgIpc) is 2.86. The fourth-order valence-electron chi connectivity index (χ4n) is 2.39. The monoisotopic (exact) mass is 329 g/mol. The van der Waals surface area contributed by atoms with Gasteiger partial charge in [0.25, 0.3) is 0 Å². The molecule has 1 amide bonds. The van der Waals surface area contributed by atoms with Gasteiger partial charge in [-0.15, -0.1) is 11.3 Å². The molecule has 0 spiro atoms. The van der Waals surface area contributed by atoms with E-state index < -0.39 is 0 Å². The Kier molecular flexibility index (Phi) is 6.48. The molecule has 1 atom stereocenters. The molecule has 118 valence electrons. The number of amides is 1. The molecule has 1 aliphatic rings. The van der Waals surface area contributed by atoms with Crippen molar-refractivity contribution in [2.45, 2.75) is 32.9 Å². The van der Waals surface area contributed by atoms with E-state index in [9.17, 15) is 4.79 Å². The van der Waals surface area contributed by atoms with Crippen molar-refractivity contribution in [1.29, 1.82) is 0 Å². The van der Waals surface area contributed by atoms with E-state index in [1.54, 1.807) is 11.3 Å². The molecule has 6 heteroatoms. The van der Waals surface area contributed by atoms with E-state index in [1.165, 1.54) is 4.88 Å². The first-order valence-electron chi connectivity index (χ1n) is 7.55. The quantitative estimate of drug-likeness (QED) is 0.870. The molecule has 0 saturated carbocycles. The van der Waals surface area contributed by atoms with Crippen LogP contribution in [-0.2, 0) is 11.3 Å². The molecule has 1 aliphatic heterocycles. The van der Waals surface area contributed by atoms with Gasteiger partial charge in [-0.1, -0.05) is 18.5 Å². The predicted molar refractivity (Wildman–Crippen MR) is 88.9 cm³/mol. The van der Waals surface area contributed by atoms with Gasteiger partial charge in [0.1, 0.15) is 0 Å². The number of nitrogens with one attached hydrogen (secondary N) is 1. The molecule has 1 aromatic rings. The summed E-state index contributed by atoms with van der Waals surface area (Å²) in [6.45, 7) is 9.52. The third-order valence-electron chi connectivity index (χ3n) is 3.86. The molecule has 2 heterocycles. The summed E-state index contributed by atoms with van der Waals surface area (Å²) in [5.41, 5.74) is 0. The summed E-state index contributed by atoms with van der Waals surface area (Å²) in [4.78, 5) is 17.8. The summed E-state index contributed by atoms with van der Waals surface area (Å²) in [6, 6.07) is 4.32. The SMILES string of the molecule is CC[C@H](C)NC(=O)CN1CCN(Cc2ccc(Cl)s2)CC1. The topological polar surface area (TPSA) is 35.6 Å². The van der Waals surface area contributed by atoms with Crippen molar-refractivity contribution >= 4 is 28.8 Å². The molecule has 0 bridgehead atoms. The van der Waals surface area contributed by atoms with Crippen LogP contribution in [0.3, 0.4) is 0 Å². The highest BCUT2D eigenvalue weighted by atomic mass is 35.5. The van der Waals surface area contributed by atoms with E-state index >= 15 is 0 Å². The van der Waals surface area contributed by atoms with E-state index in [4.69, 9.17) is 11.6 Å². The minimum atomic E-state index is 0.142. The van der Waals surface area contributed by atoms with Crippen molar-refractivity contribution in [3.05, 3.63) is 21.3 Å². The number of carbonyl (C=O) groups excluding carboxylic acids is 1. The zero-order valence-electron chi connectivity index (χ0n) is 12.8. The molecule has 0 aliphatic carbocycles. The van der Waals surface area contributed by atoms with Gasteiger partial charge in [0.15, 0.2) is 0 Å². The van der Waals surface area contributed by atoms with E-state index in [1.807, 2.05) is 13.0 Å². The van der Waals surface area contributed by atoms with Crippen LogP contribution in [0.5, 0.6) is 0 Å². The molecular weight excluding hydrogens is 306 g/mol. The number of nitrogens with zero attached hydrogens (tertiary/aromatic N) is 2. The Labute approximate surface area is 136 Å². The van der Waals surface area contributed by atoms with Crippen LogP contribution >= 0.6 is 22.9 Å². The summed E-state index contributed by atoms with van der Waals surface area (Å²) >= 11 is 7.61. The zero-order chi connectivity index (χ0) is 15.2. The zero-order valence-corrected chi connectivity index (χ0v) is 14.3. The standard InChI is InChI=1S/C15H24ClN3OS/c1-3-12(2)17-15(20)11-19-8-6-18(7-9-19)10-13-4-5-14(16)21-13/h4-5,12H,3,6-11H2,1-2H3,(H,17,20)/t12-/m0/s1. The third-order valence-corrected chi connectivity index (χ3v) is 5.08. The van der Waals surface area contributed by atoms with Gasteiger partial charge in [0.05, 0.1) is 10.9 Å². The lowest BCUT2D eigenvalue weighted by molar-refractivity contribution is -0.123. The van der Waals surface area contributed by atoms with Crippen molar-refractivity contribution in [3.63, 3.8) is 0 Å².